The Morgan fingerprint density at radius 2 is 1.79 bits per heavy atom. The molecule has 0 aliphatic carbocycles. The van der Waals surface area contributed by atoms with Gasteiger partial charge in [-0.1, -0.05) is 29.3 Å². The van der Waals surface area contributed by atoms with Crippen LogP contribution in [0.2, 0.25) is 10.0 Å². The smallest absolute Gasteiger partial charge is 0.366 e. The van der Waals surface area contributed by atoms with Gasteiger partial charge in [0, 0.05) is 17.8 Å². The molecule has 24 heavy (non-hydrogen) atoms. The lowest BCUT2D eigenvalue weighted by molar-refractivity contribution is -0.926. The molecule has 132 valence electrons. The molecule has 0 saturated carbocycles. The van der Waals surface area contributed by atoms with E-state index < -0.39 is 12.0 Å². The van der Waals surface area contributed by atoms with Crippen LogP contribution in [0.1, 0.15) is 5.56 Å². The number of alkyl halides is 3. The summed E-state index contributed by atoms with van der Waals surface area (Å²) in [4.78, 5) is 12.6. The Labute approximate surface area is 148 Å². The predicted molar refractivity (Wildman–Crippen MR) is 87.9 cm³/mol. The first-order valence-electron chi connectivity index (χ1n) is 7.41. The summed E-state index contributed by atoms with van der Waals surface area (Å²) < 4.78 is 37.3. The summed E-state index contributed by atoms with van der Waals surface area (Å²) in [6.45, 7) is 3.19. The Morgan fingerprint density at radius 1 is 1.25 bits per heavy atom. The number of quaternary nitrogens is 1. The van der Waals surface area contributed by atoms with Gasteiger partial charge in [0.2, 0.25) is 0 Å². The SMILES string of the molecule is C[N+]1(Cc2c(Cl)cccc2Cl)CCN(C=CC(=O)C(F)(F)F)CC1. The monoisotopic (exact) mass is 381 g/mol. The van der Waals surface area contributed by atoms with Crippen molar-refractivity contribution in [2.45, 2.75) is 12.7 Å². The van der Waals surface area contributed by atoms with Crippen LogP contribution in [-0.4, -0.2) is 54.6 Å². The Hall–Kier alpha value is -1.24. The van der Waals surface area contributed by atoms with Gasteiger partial charge in [-0.15, -0.1) is 0 Å². The average molecular weight is 382 g/mol. The van der Waals surface area contributed by atoms with Crippen LogP contribution in [0.5, 0.6) is 0 Å². The van der Waals surface area contributed by atoms with Crippen LogP contribution in [0.15, 0.2) is 30.5 Å². The first kappa shape index (κ1) is 19.1. The molecule has 1 aliphatic heterocycles. The molecule has 1 aliphatic rings. The van der Waals surface area contributed by atoms with E-state index in [0.717, 1.165) is 5.56 Å². The number of ketones is 1. The van der Waals surface area contributed by atoms with Gasteiger partial charge in [-0.2, -0.15) is 13.2 Å². The topological polar surface area (TPSA) is 20.3 Å². The maximum Gasteiger partial charge on any atom is 0.454 e. The van der Waals surface area contributed by atoms with Gasteiger partial charge in [-0.3, -0.25) is 4.79 Å². The molecule has 0 atom stereocenters. The zero-order chi connectivity index (χ0) is 18.0. The summed E-state index contributed by atoms with van der Waals surface area (Å²) in [5, 5.41) is 1.22. The molecule has 0 N–H and O–H groups in total. The molecule has 1 heterocycles. The van der Waals surface area contributed by atoms with Crippen LogP contribution in [0.3, 0.4) is 0 Å². The molecule has 8 heteroatoms. The maximum atomic E-state index is 12.2. The average Bonchev–Trinajstić information content (AvgIpc) is 2.49. The lowest BCUT2D eigenvalue weighted by Gasteiger charge is -2.42. The van der Waals surface area contributed by atoms with E-state index in [1.54, 1.807) is 23.1 Å². The van der Waals surface area contributed by atoms with Gasteiger partial charge in [-0.25, -0.2) is 0 Å². The van der Waals surface area contributed by atoms with Gasteiger partial charge in [0.15, 0.2) is 0 Å². The fraction of sp³-hybridized carbons (Fsp3) is 0.438. The molecule has 2 rings (SSSR count). The molecular weight excluding hydrogens is 364 g/mol. The summed E-state index contributed by atoms with van der Waals surface area (Å²) in [6.07, 6.45) is -3.01. The quantitative estimate of drug-likeness (QED) is 0.582. The second-order valence-electron chi connectivity index (χ2n) is 6.14. The highest BCUT2D eigenvalue weighted by molar-refractivity contribution is 6.35. The minimum Gasteiger partial charge on any atom is -0.366 e. The minimum absolute atomic E-state index is 0.556. The van der Waals surface area contributed by atoms with Crippen molar-refractivity contribution in [1.82, 2.24) is 4.90 Å². The van der Waals surface area contributed by atoms with Crippen molar-refractivity contribution in [3.63, 3.8) is 0 Å². The summed E-state index contributed by atoms with van der Waals surface area (Å²) in [5.74, 6) is -1.84. The van der Waals surface area contributed by atoms with Crippen molar-refractivity contribution in [2.75, 3.05) is 33.2 Å². The predicted octanol–water partition coefficient (Wildman–Crippen LogP) is 3.90. The second-order valence-corrected chi connectivity index (χ2v) is 6.95. The lowest BCUT2D eigenvalue weighted by Crippen LogP contribution is -2.55. The molecule has 1 fully saturated rings. The number of allylic oxidation sites excluding steroid dienone is 1. The van der Waals surface area contributed by atoms with Crippen molar-refractivity contribution in [3.05, 3.63) is 46.1 Å². The molecule has 3 nitrogen and oxygen atoms in total. The van der Waals surface area contributed by atoms with E-state index >= 15 is 0 Å². The second kappa shape index (κ2) is 7.33. The fourth-order valence-corrected chi connectivity index (χ4v) is 3.12. The molecule has 0 bridgehead atoms. The molecule has 0 spiro atoms. The third kappa shape index (κ3) is 4.88. The van der Waals surface area contributed by atoms with Gasteiger partial charge in [0.05, 0.1) is 43.3 Å². The number of halogens is 5. The summed E-state index contributed by atoms with van der Waals surface area (Å²) >= 11 is 12.4. The van der Waals surface area contributed by atoms with Crippen molar-refractivity contribution in [2.24, 2.45) is 0 Å². The molecular formula is C16H18Cl2F3N2O+. The number of piperazine rings is 1. The van der Waals surface area contributed by atoms with Crippen molar-refractivity contribution >= 4 is 29.0 Å². The Bertz CT molecular complexity index is 618. The van der Waals surface area contributed by atoms with Crippen LogP contribution in [0.4, 0.5) is 13.2 Å². The number of hydrogen-bond donors (Lipinski definition) is 0. The molecule has 0 radical (unpaired) electrons. The molecule has 0 aromatic heterocycles. The normalized spacial score (nSPS) is 18.2. The lowest BCUT2D eigenvalue weighted by atomic mass is 10.1. The van der Waals surface area contributed by atoms with Gasteiger partial charge in [0.1, 0.15) is 6.54 Å². The van der Waals surface area contributed by atoms with E-state index in [9.17, 15) is 18.0 Å². The van der Waals surface area contributed by atoms with E-state index in [4.69, 9.17) is 23.2 Å². The van der Waals surface area contributed by atoms with Crippen molar-refractivity contribution < 1.29 is 22.4 Å². The highest BCUT2D eigenvalue weighted by Crippen LogP contribution is 2.28. The van der Waals surface area contributed by atoms with Gasteiger partial charge in [0.25, 0.3) is 5.78 Å². The largest absolute Gasteiger partial charge is 0.454 e. The van der Waals surface area contributed by atoms with Crippen molar-refractivity contribution in [1.29, 1.82) is 0 Å². The van der Waals surface area contributed by atoms with Crippen LogP contribution >= 0.6 is 23.2 Å². The summed E-state index contributed by atoms with van der Waals surface area (Å²) in [7, 11) is 2.06. The van der Waals surface area contributed by atoms with Crippen LogP contribution in [0.25, 0.3) is 0 Å². The zero-order valence-electron chi connectivity index (χ0n) is 13.1. The number of hydrogen-bond acceptors (Lipinski definition) is 2. The molecule has 0 amide bonds. The van der Waals surface area contributed by atoms with Crippen LogP contribution in [0, 0.1) is 0 Å². The number of carbonyl (C=O) groups is 1. The summed E-state index contributed by atoms with van der Waals surface area (Å²) in [5.41, 5.74) is 0.875. The number of likely N-dealkylation sites (N-methyl/N-ethyl adjacent to an activating group) is 1. The highest BCUT2D eigenvalue weighted by Gasteiger charge is 2.36. The minimum atomic E-state index is -4.82. The third-order valence-corrected chi connectivity index (χ3v) is 4.88. The number of carbonyl (C=O) groups excluding carboxylic acids is 1. The number of rotatable bonds is 4. The van der Waals surface area contributed by atoms with Gasteiger partial charge < -0.3 is 9.38 Å². The molecule has 1 saturated heterocycles. The van der Waals surface area contributed by atoms with E-state index in [1.807, 2.05) is 0 Å². The number of nitrogens with zero attached hydrogens (tertiary/aromatic N) is 2. The Morgan fingerprint density at radius 3 is 2.29 bits per heavy atom. The highest BCUT2D eigenvalue weighted by atomic mass is 35.5. The Kier molecular flexibility index (Phi) is 5.83. The summed E-state index contributed by atoms with van der Waals surface area (Å²) in [6, 6.07) is 5.36. The zero-order valence-corrected chi connectivity index (χ0v) is 14.6. The van der Waals surface area contributed by atoms with E-state index in [0.29, 0.717) is 53.3 Å². The van der Waals surface area contributed by atoms with Gasteiger partial charge in [-0.05, 0) is 12.1 Å². The number of benzene rings is 1. The first-order valence-corrected chi connectivity index (χ1v) is 8.16. The molecule has 1 aromatic carbocycles. The van der Waals surface area contributed by atoms with Crippen molar-refractivity contribution in [3.8, 4) is 0 Å². The van der Waals surface area contributed by atoms with Crippen LogP contribution < -0.4 is 0 Å². The third-order valence-electron chi connectivity index (χ3n) is 4.17. The first-order chi connectivity index (χ1) is 11.1. The van der Waals surface area contributed by atoms with E-state index in [-0.39, 0.29) is 0 Å². The molecule has 1 aromatic rings. The van der Waals surface area contributed by atoms with Gasteiger partial charge >= 0.3 is 6.18 Å². The Balaban J connectivity index is 1.96. The van der Waals surface area contributed by atoms with E-state index in [1.165, 1.54) is 6.20 Å². The molecule has 0 unspecified atom stereocenters. The fourth-order valence-electron chi connectivity index (χ4n) is 2.60. The standard InChI is InChI=1S/C16H18Cl2F3N2O/c1-23(11-12-13(17)3-2-4-14(12)18)9-7-22(8-10-23)6-5-15(24)16(19,20)21/h2-6H,7-11H2,1H3/q+1. The van der Waals surface area contributed by atoms with Crippen LogP contribution in [-0.2, 0) is 11.3 Å². The maximum absolute atomic E-state index is 12.2. The van der Waals surface area contributed by atoms with E-state index in [2.05, 4.69) is 7.05 Å².